The lowest BCUT2D eigenvalue weighted by atomic mass is 10.0. The van der Waals surface area contributed by atoms with E-state index in [1.807, 2.05) is 42.8 Å². The molecule has 5 nitrogen and oxygen atoms in total. The van der Waals surface area contributed by atoms with Crippen LogP contribution in [0.15, 0.2) is 29.4 Å². The molecule has 0 aliphatic carbocycles. The molecule has 0 aliphatic rings. The van der Waals surface area contributed by atoms with E-state index < -0.39 is 0 Å². The number of rotatable bonds is 5. The van der Waals surface area contributed by atoms with Gasteiger partial charge in [0.1, 0.15) is 5.82 Å². The summed E-state index contributed by atoms with van der Waals surface area (Å²) in [6, 6.07) is 7.95. The minimum atomic E-state index is -0.0436. The van der Waals surface area contributed by atoms with Crippen molar-refractivity contribution in [3.05, 3.63) is 35.7 Å². The Morgan fingerprint density at radius 1 is 1.29 bits per heavy atom. The normalized spacial score (nSPS) is 10.9. The largest absolute Gasteiger partial charge is 0.325 e. The highest BCUT2D eigenvalue weighted by Gasteiger charge is 2.09. The number of benzene rings is 1. The summed E-state index contributed by atoms with van der Waals surface area (Å²) in [5.41, 5.74) is 2.08. The first-order valence-corrected chi connectivity index (χ1v) is 7.84. The molecule has 1 heterocycles. The van der Waals surface area contributed by atoms with E-state index in [-0.39, 0.29) is 5.91 Å². The summed E-state index contributed by atoms with van der Waals surface area (Å²) in [7, 11) is 1.89. The number of aryl methyl sites for hydroxylation is 1. The van der Waals surface area contributed by atoms with Crippen molar-refractivity contribution in [3.8, 4) is 0 Å². The minimum Gasteiger partial charge on any atom is -0.325 e. The summed E-state index contributed by atoms with van der Waals surface area (Å²) in [6.07, 6.45) is 0. The maximum Gasteiger partial charge on any atom is 0.234 e. The number of thioether (sulfide) groups is 1. The number of nitrogens with zero attached hydrogens (tertiary/aromatic N) is 3. The smallest absolute Gasteiger partial charge is 0.234 e. The molecule has 2 rings (SSSR count). The van der Waals surface area contributed by atoms with Crippen LogP contribution >= 0.6 is 11.8 Å². The van der Waals surface area contributed by atoms with Gasteiger partial charge in [-0.05, 0) is 30.5 Å². The first-order valence-electron chi connectivity index (χ1n) is 6.86. The van der Waals surface area contributed by atoms with Gasteiger partial charge in [-0.25, -0.2) is 0 Å². The van der Waals surface area contributed by atoms with Gasteiger partial charge in [0.15, 0.2) is 5.16 Å². The second kappa shape index (κ2) is 6.76. The van der Waals surface area contributed by atoms with Gasteiger partial charge in [-0.2, -0.15) is 0 Å². The van der Waals surface area contributed by atoms with Crippen LogP contribution in [-0.4, -0.2) is 26.4 Å². The number of nitrogens with one attached hydrogen (secondary N) is 1. The summed E-state index contributed by atoms with van der Waals surface area (Å²) in [5, 5.41) is 11.6. The van der Waals surface area contributed by atoms with E-state index in [1.54, 1.807) is 0 Å². The van der Waals surface area contributed by atoms with Crippen molar-refractivity contribution < 1.29 is 4.79 Å². The Bertz CT molecular complexity index is 619. The molecule has 0 saturated heterocycles. The zero-order valence-corrected chi connectivity index (χ0v) is 13.6. The molecule has 0 bridgehead atoms. The lowest BCUT2D eigenvalue weighted by molar-refractivity contribution is -0.113. The highest BCUT2D eigenvalue weighted by atomic mass is 32.2. The van der Waals surface area contributed by atoms with Crippen LogP contribution in [-0.2, 0) is 11.8 Å². The van der Waals surface area contributed by atoms with E-state index in [0.717, 1.165) is 16.7 Å². The van der Waals surface area contributed by atoms with Crippen molar-refractivity contribution in [2.75, 3.05) is 11.1 Å². The molecule has 0 fully saturated rings. The summed E-state index contributed by atoms with van der Waals surface area (Å²) in [6.45, 7) is 6.17. The Labute approximate surface area is 129 Å². The van der Waals surface area contributed by atoms with Crippen LogP contribution < -0.4 is 5.32 Å². The van der Waals surface area contributed by atoms with Crippen LogP contribution in [0, 0.1) is 6.92 Å². The van der Waals surface area contributed by atoms with Gasteiger partial charge in [-0.15, -0.1) is 10.2 Å². The van der Waals surface area contributed by atoms with E-state index in [4.69, 9.17) is 0 Å². The van der Waals surface area contributed by atoms with E-state index in [0.29, 0.717) is 11.7 Å². The van der Waals surface area contributed by atoms with Crippen LogP contribution in [0.25, 0.3) is 0 Å². The molecule has 0 spiro atoms. The van der Waals surface area contributed by atoms with Gasteiger partial charge in [0, 0.05) is 12.7 Å². The zero-order chi connectivity index (χ0) is 15.4. The second-order valence-electron chi connectivity index (χ2n) is 5.20. The standard InChI is InChI=1S/C15H20N4OS/c1-10(2)12-5-7-13(8-6-12)16-14(20)9-21-15-18-17-11(3)19(15)4/h5-8,10H,9H2,1-4H3,(H,16,20). The maximum absolute atomic E-state index is 11.9. The van der Waals surface area contributed by atoms with Gasteiger partial charge >= 0.3 is 0 Å². The SMILES string of the molecule is Cc1nnc(SCC(=O)Nc2ccc(C(C)C)cc2)n1C. The van der Waals surface area contributed by atoms with E-state index >= 15 is 0 Å². The lowest BCUT2D eigenvalue weighted by Gasteiger charge is -2.08. The summed E-state index contributed by atoms with van der Waals surface area (Å²) in [5.74, 6) is 1.60. The highest BCUT2D eigenvalue weighted by Crippen LogP contribution is 2.18. The molecule has 0 radical (unpaired) electrons. The fraction of sp³-hybridized carbons (Fsp3) is 0.400. The number of hydrogen-bond donors (Lipinski definition) is 1. The van der Waals surface area contributed by atoms with E-state index in [9.17, 15) is 4.79 Å². The number of carbonyl (C=O) groups is 1. The average molecular weight is 304 g/mol. The monoisotopic (exact) mass is 304 g/mol. The van der Waals surface area contributed by atoms with E-state index in [1.165, 1.54) is 17.3 Å². The predicted octanol–water partition coefficient (Wildman–Crippen LogP) is 2.98. The third-order valence-electron chi connectivity index (χ3n) is 3.25. The fourth-order valence-electron chi connectivity index (χ4n) is 1.79. The Morgan fingerprint density at radius 3 is 2.48 bits per heavy atom. The molecule has 0 saturated carbocycles. The molecule has 0 atom stereocenters. The summed E-state index contributed by atoms with van der Waals surface area (Å²) in [4.78, 5) is 11.9. The summed E-state index contributed by atoms with van der Waals surface area (Å²) < 4.78 is 1.87. The molecule has 1 N–H and O–H groups in total. The van der Waals surface area contributed by atoms with Gasteiger partial charge in [0.2, 0.25) is 5.91 Å². The fourth-order valence-corrected chi connectivity index (χ4v) is 2.55. The molecule has 0 unspecified atom stereocenters. The van der Waals surface area contributed by atoms with Gasteiger partial charge in [-0.3, -0.25) is 4.79 Å². The quantitative estimate of drug-likeness (QED) is 0.863. The van der Waals surface area contributed by atoms with Crippen molar-refractivity contribution in [1.29, 1.82) is 0 Å². The van der Waals surface area contributed by atoms with Crippen LogP contribution in [0.4, 0.5) is 5.69 Å². The van der Waals surface area contributed by atoms with Crippen molar-refractivity contribution in [1.82, 2.24) is 14.8 Å². The Balaban J connectivity index is 1.88. The molecule has 1 amide bonds. The number of hydrogen-bond acceptors (Lipinski definition) is 4. The predicted molar refractivity (Wildman–Crippen MR) is 85.6 cm³/mol. The van der Waals surface area contributed by atoms with Crippen molar-refractivity contribution in [2.24, 2.45) is 7.05 Å². The topological polar surface area (TPSA) is 59.8 Å². The van der Waals surface area contributed by atoms with Crippen LogP contribution in [0.2, 0.25) is 0 Å². The molecule has 0 aliphatic heterocycles. The second-order valence-corrected chi connectivity index (χ2v) is 6.14. The molecular weight excluding hydrogens is 284 g/mol. The van der Waals surface area contributed by atoms with Crippen molar-refractivity contribution in [3.63, 3.8) is 0 Å². The first kappa shape index (κ1) is 15.6. The summed E-state index contributed by atoms with van der Waals surface area (Å²) >= 11 is 1.38. The Hall–Kier alpha value is -1.82. The van der Waals surface area contributed by atoms with Crippen LogP contribution in [0.5, 0.6) is 0 Å². The number of carbonyl (C=O) groups excluding carboxylic acids is 1. The average Bonchev–Trinajstić information content (AvgIpc) is 2.77. The van der Waals surface area contributed by atoms with Crippen LogP contribution in [0.1, 0.15) is 31.2 Å². The first-order chi connectivity index (χ1) is 9.97. The highest BCUT2D eigenvalue weighted by molar-refractivity contribution is 7.99. The van der Waals surface area contributed by atoms with E-state index in [2.05, 4.69) is 29.4 Å². The molecular formula is C15H20N4OS. The number of anilines is 1. The van der Waals surface area contributed by atoms with Gasteiger partial charge < -0.3 is 9.88 Å². The van der Waals surface area contributed by atoms with Gasteiger partial charge in [0.05, 0.1) is 5.75 Å². The molecule has 21 heavy (non-hydrogen) atoms. The third-order valence-corrected chi connectivity index (χ3v) is 4.27. The molecule has 2 aromatic rings. The van der Waals surface area contributed by atoms with Gasteiger partial charge in [0.25, 0.3) is 0 Å². The molecule has 1 aromatic carbocycles. The molecule has 1 aromatic heterocycles. The zero-order valence-electron chi connectivity index (χ0n) is 12.8. The minimum absolute atomic E-state index is 0.0436. The maximum atomic E-state index is 11.9. The van der Waals surface area contributed by atoms with Crippen molar-refractivity contribution in [2.45, 2.75) is 31.8 Å². The Morgan fingerprint density at radius 2 is 1.95 bits per heavy atom. The molecule has 6 heteroatoms. The number of aromatic nitrogens is 3. The van der Waals surface area contributed by atoms with Crippen molar-refractivity contribution >= 4 is 23.4 Å². The lowest BCUT2D eigenvalue weighted by Crippen LogP contribution is -2.14. The number of amides is 1. The van der Waals surface area contributed by atoms with Gasteiger partial charge in [-0.1, -0.05) is 37.7 Å². The molecule has 112 valence electrons. The third kappa shape index (κ3) is 4.07. The van der Waals surface area contributed by atoms with Crippen LogP contribution in [0.3, 0.4) is 0 Å². The Kier molecular flexibility index (Phi) is 5.01.